The quantitative estimate of drug-likeness (QED) is 0.839. The molecule has 0 spiro atoms. The van der Waals surface area contributed by atoms with Crippen molar-refractivity contribution in [3.63, 3.8) is 0 Å². The van der Waals surface area contributed by atoms with E-state index in [4.69, 9.17) is 9.47 Å². The van der Waals surface area contributed by atoms with Gasteiger partial charge in [0.2, 0.25) is 0 Å². The number of ether oxygens (including phenoxy) is 2. The van der Waals surface area contributed by atoms with Crippen LogP contribution < -0.4 is 14.4 Å². The zero-order valence-electron chi connectivity index (χ0n) is 14.8. The minimum absolute atomic E-state index is 0.0118. The van der Waals surface area contributed by atoms with Gasteiger partial charge in [-0.1, -0.05) is 30.3 Å². The van der Waals surface area contributed by atoms with Crippen molar-refractivity contribution in [1.82, 2.24) is 4.90 Å². The molecule has 3 rings (SSSR count). The summed E-state index contributed by atoms with van der Waals surface area (Å²) in [6.07, 6.45) is 0. The van der Waals surface area contributed by atoms with Crippen molar-refractivity contribution in [3.8, 4) is 11.5 Å². The van der Waals surface area contributed by atoms with E-state index in [0.29, 0.717) is 24.7 Å². The molecule has 0 saturated heterocycles. The summed E-state index contributed by atoms with van der Waals surface area (Å²) >= 11 is 0. The molecule has 0 bridgehead atoms. The van der Waals surface area contributed by atoms with E-state index in [1.807, 2.05) is 54.3 Å². The van der Waals surface area contributed by atoms with Crippen molar-refractivity contribution in [1.29, 1.82) is 0 Å². The lowest BCUT2D eigenvalue weighted by molar-refractivity contribution is -0.120. The fourth-order valence-electron chi connectivity index (χ4n) is 2.99. The smallest absolute Gasteiger partial charge is 0.264 e. The fourth-order valence-corrected chi connectivity index (χ4v) is 2.99. The molecule has 0 unspecified atom stereocenters. The van der Waals surface area contributed by atoms with Crippen molar-refractivity contribution < 1.29 is 14.3 Å². The average Bonchev–Trinajstić information content (AvgIpc) is 2.79. The Bertz CT molecular complexity index is 732. The number of carbonyl (C=O) groups excluding carboxylic acids is 1. The predicted octanol–water partition coefficient (Wildman–Crippen LogP) is 2.94. The van der Waals surface area contributed by atoms with E-state index in [1.165, 1.54) is 0 Å². The van der Waals surface area contributed by atoms with E-state index in [0.717, 1.165) is 24.3 Å². The molecular weight excluding hydrogens is 316 g/mol. The van der Waals surface area contributed by atoms with Gasteiger partial charge in [-0.2, -0.15) is 0 Å². The van der Waals surface area contributed by atoms with Gasteiger partial charge in [0.1, 0.15) is 0 Å². The number of benzene rings is 2. The molecule has 5 nitrogen and oxygen atoms in total. The largest absolute Gasteiger partial charge is 0.490 e. The maximum absolute atomic E-state index is 12.8. The van der Waals surface area contributed by atoms with Crippen LogP contribution in [0.15, 0.2) is 48.5 Å². The third-order valence-corrected chi connectivity index (χ3v) is 4.23. The molecule has 1 amide bonds. The molecule has 0 aliphatic carbocycles. The number of carbonyl (C=O) groups is 1. The maximum Gasteiger partial charge on any atom is 0.264 e. The topological polar surface area (TPSA) is 42.0 Å². The second-order valence-corrected chi connectivity index (χ2v) is 6.08. The molecule has 132 valence electrons. The first-order valence-electron chi connectivity index (χ1n) is 8.60. The van der Waals surface area contributed by atoms with Crippen LogP contribution in [0.1, 0.15) is 12.5 Å². The lowest BCUT2D eigenvalue weighted by Gasteiger charge is -2.23. The van der Waals surface area contributed by atoms with Gasteiger partial charge < -0.3 is 19.3 Å². The zero-order valence-corrected chi connectivity index (χ0v) is 14.8. The van der Waals surface area contributed by atoms with Crippen molar-refractivity contribution in [2.45, 2.75) is 13.5 Å². The summed E-state index contributed by atoms with van der Waals surface area (Å²) < 4.78 is 11.3. The van der Waals surface area contributed by atoms with Crippen LogP contribution in [0.25, 0.3) is 0 Å². The highest BCUT2D eigenvalue weighted by atomic mass is 16.5. The third kappa shape index (κ3) is 4.12. The van der Waals surface area contributed by atoms with Crippen molar-refractivity contribution >= 4 is 11.6 Å². The Labute approximate surface area is 148 Å². The van der Waals surface area contributed by atoms with Crippen LogP contribution in [0.2, 0.25) is 0 Å². The summed E-state index contributed by atoms with van der Waals surface area (Å²) in [5.74, 6) is 1.21. The average molecular weight is 340 g/mol. The van der Waals surface area contributed by atoms with Crippen LogP contribution >= 0.6 is 0 Å². The van der Waals surface area contributed by atoms with Crippen LogP contribution in [0.5, 0.6) is 11.5 Å². The lowest BCUT2D eigenvalue weighted by Crippen LogP contribution is -2.38. The van der Waals surface area contributed by atoms with Crippen LogP contribution in [-0.4, -0.2) is 44.2 Å². The number of amides is 1. The van der Waals surface area contributed by atoms with Gasteiger partial charge in [0.25, 0.3) is 5.91 Å². The Hall–Kier alpha value is -2.53. The molecule has 1 aliphatic rings. The molecule has 1 aliphatic heterocycles. The third-order valence-electron chi connectivity index (χ3n) is 4.23. The van der Waals surface area contributed by atoms with Gasteiger partial charge >= 0.3 is 0 Å². The number of rotatable bonds is 5. The lowest BCUT2D eigenvalue weighted by atomic mass is 10.1. The van der Waals surface area contributed by atoms with Crippen molar-refractivity contribution in [2.24, 2.45) is 0 Å². The Balaban J connectivity index is 1.73. The van der Waals surface area contributed by atoms with E-state index in [9.17, 15) is 4.79 Å². The molecular formula is C20H24N2O3. The monoisotopic (exact) mass is 340 g/mol. The first-order valence-corrected chi connectivity index (χ1v) is 8.60. The second-order valence-electron chi connectivity index (χ2n) is 6.08. The molecule has 0 atom stereocenters. The minimum atomic E-state index is -0.0472. The number of hydrogen-bond acceptors (Lipinski definition) is 4. The molecule has 2 aromatic rings. The van der Waals surface area contributed by atoms with Crippen LogP contribution in [0.4, 0.5) is 5.69 Å². The number of para-hydroxylation sites is 3. The highest BCUT2D eigenvalue weighted by Crippen LogP contribution is 2.27. The molecule has 0 radical (unpaired) electrons. The minimum Gasteiger partial charge on any atom is -0.490 e. The van der Waals surface area contributed by atoms with Crippen molar-refractivity contribution in [2.75, 3.05) is 38.3 Å². The highest BCUT2D eigenvalue weighted by molar-refractivity contribution is 5.95. The maximum atomic E-state index is 12.8. The summed E-state index contributed by atoms with van der Waals surface area (Å²) in [6.45, 7) is 4.79. The van der Waals surface area contributed by atoms with E-state index in [1.54, 1.807) is 0 Å². The Morgan fingerprint density at radius 1 is 1.00 bits per heavy atom. The van der Waals surface area contributed by atoms with Gasteiger partial charge in [-0.25, -0.2) is 0 Å². The second kappa shape index (κ2) is 8.03. The normalized spacial score (nSPS) is 14.6. The molecule has 0 N–H and O–H groups in total. The number of nitrogens with zero attached hydrogens (tertiary/aromatic N) is 2. The molecule has 5 heteroatoms. The van der Waals surface area contributed by atoms with E-state index < -0.39 is 0 Å². The molecule has 2 aromatic carbocycles. The van der Waals surface area contributed by atoms with Gasteiger partial charge in [0.05, 0.1) is 6.61 Å². The summed E-state index contributed by atoms with van der Waals surface area (Å²) in [7, 11) is 2.07. The van der Waals surface area contributed by atoms with Gasteiger partial charge in [-0.15, -0.1) is 0 Å². The first kappa shape index (κ1) is 17.3. The van der Waals surface area contributed by atoms with Crippen molar-refractivity contribution in [3.05, 3.63) is 54.1 Å². The van der Waals surface area contributed by atoms with E-state index >= 15 is 0 Å². The summed E-state index contributed by atoms with van der Waals surface area (Å²) in [4.78, 5) is 16.8. The van der Waals surface area contributed by atoms with Gasteiger partial charge in [0.15, 0.2) is 18.1 Å². The number of fused-ring (bicyclic) bond motifs is 1. The van der Waals surface area contributed by atoms with Crippen LogP contribution in [-0.2, 0) is 11.3 Å². The number of likely N-dealkylation sites (N-methyl/N-ethyl adjacent to an activating group) is 1. The van der Waals surface area contributed by atoms with Crippen LogP contribution in [0.3, 0.4) is 0 Å². The molecule has 0 saturated carbocycles. The summed E-state index contributed by atoms with van der Waals surface area (Å²) in [5.41, 5.74) is 2.13. The fraction of sp³-hybridized carbons (Fsp3) is 0.350. The summed E-state index contributed by atoms with van der Waals surface area (Å²) in [5, 5.41) is 0. The zero-order chi connectivity index (χ0) is 17.6. The van der Waals surface area contributed by atoms with E-state index in [-0.39, 0.29) is 12.5 Å². The van der Waals surface area contributed by atoms with E-state index in [2.05, 4.69) is 18.0 Å². The Morgan fingerprint density at radius 3 is 2.44 bits per heavy atom. The Morgan fingerprint density at radius 2 is 1.68 bits per heavy atom. The van der Waals surface area contributed by atoms with Crippen LogP contribution in [0, 0.1) is 0 Å². The molecule has 0 fully saturated rings. The predicted molar refractivity (Wildman–Crippen MR) is 98.2 cm³/mol. The number of anilines is 1. The Kier molecular flexibility index (Phi) is 5.56. The van der Waals surface area contributed by atoms with Gasteiger partial charge in [0, 0.05) is 25.3 Å². The molecule has 1 heterocycles. The standard InChI is InChI=1S/C20H24N2O3/c1-3-24-18-10-6-7-11-19(18)25-15-20(23)22-13-12-21(2)14-16-8-4-5-9-17(16)22/h4-11H,3,12-15H2,1-2H3. The van der Waals surface area contributed by atoms with Gasteiger partial charge in [-0.3, -0.25) is 4.79 Å². The highest BCUT2D eigenvalue weighted by Gasteiger charge is 2.23. The molecule has 0 aromatic heterocycles. The summed E-state index contributed by atoms with van der Waals surface area (Å²) in [6, 6.07) is 15.5. The number of hydrogen-bond donors (Lipinski definition) is 0. The first-order chi connectivity index (χ1) is 12.2. The SMILES string of the molecule is CCOc1ccccc1OCC(=O)N1CCN(C)Cc2ccccc21. The molecule has 25 heavy (non-hydrogen) atoms. The van der Waals surface area contributed by atoms with Gasteiger partial charge in [-0.05, 0) is 37.7 Å².